The summed E-state index contributed by atoms with van der Waals surface area (Å²) in [6.45, 7) is -0.185. The van der Waals surface area contributed by atoms with E-state index in [1.807, 2.05) is 4.90 Å². The molecule has 0 saturated carbocycles. The molecule has 1 atom stereocenters. The Morgan fingerprint density at radius 2 is 1.67 bits per heavy atom. The van der Waals surface area contributed by atoms with Gasteiger partial charge in [0.05, 0.1) is 0 Å². The lowest BCUT2D eigenvalue weighted by molar-refractivity contribution is -0.138. The lowest BCUT2D eigenvalue weighted by Gasteiger charge is -2.35. The maximum absolute atomic E-state index is 12.6. The fraction of sp³-hybridized carbons (Fsp3) is 0.600. The number of benzene rings is 1. The Labute approximate surface area is 143 Å². The second-order valence-electron chi connectivity index (χ2n) is 5.40. The number of ether oxygens (including phenoxy) is 1. The zero-order valence-electron chi connectivity index (χ0n) is 12.9. The van der Waals surface area contributed by atoms with Gasteiger partial charge in [-0.3, -0.25) is 4.90 Å². The SMILES string of the molecule is Cl.FC(F)Oc1ccc([C@@H](CCC(F)(F)F)N2CCNCC2)cc1. The molecule has 1 aliphatic rings. The Balaban J connectivity index is 0.00000288. The van der Waals surface area contributed by atoms with Crippen molar-refractivity contribution >= 4 is 12.4 Å². The molecule has 1 fully saturated rings. The molecule has 1 aromatic carbocycles. The molecule has 24 heavy (non-hydrogen) atoms. The van der Waals surface area contributed by atoms with E-state index < -0.39 is 19.2 Å². The standard InChI is InChI=1S/C15H19F5N2O.ClH/c16-14(17)23-12-3-1-11(2-4-12)13(5-6-15(18,19)20)22-9-7-21-8-10-22;/h1-4,13-14,21H,5-10H2;1H/t13-;/m1./s1. The molecular formula is C15H20ClF5N2O. The zero-order valence-corrected chi connectivity index (χ0v) is 13.7. The Hall–Kier alpha value is -1.12. The molecule has 1 N–H and O–H groups in total. The average Bonchev–Trinajstić information content (AvgIpc) is 2.48. The van der Waals surface area contributed by atoms with Gasteiger partial charge in [0.25, 0.3) is 0 Å². The van der Waals surface area contributed by atoms with Gasteiger partial charge in [0.2, 0.25) is 0 Å². The summed E-state index contributed by atoms with van der Waals surface area (Å²) >= 11 is 0. The number of alkyl halides is 5. The van der Waals surface area contributed by atoms with Gasteiger partial charge in [0.15, 0.2) is 0 Å². The summed E-state index contributed by atoms with van der Waals surface area (Å²) in [5.41, 5.74) is 0.678. The maximum atomic E-state index is 12.6. The average molecular weight is 375 g/mol. The molecule has 1 aliphatic heterocycles. The largest absolute Gasteiger partial charge is 0.435 e. The zero-order chi connectivity index (χ0) is 16.9. The minimum atomic E-state index is -4.22. The number of piperazine rings is 1. The Kier molecular flexibility index (Phi) is 8.18. The van der Waals surface area contributed by atoms with Crippen LogP contribution in [0, 0.1) is 0 Å². The van der Waals surface area contributed by atoms with Gasteiger partial charge in [0.1, 0.15) is 5.75 Å². The molecule has 0 aliphatic carbocycles. The number of hydrogen-bond acceptors (Lipinski definition) is 3. The van der Waals surface area contributed by atoms with Crippen molar-refractivity contribution < 1.29 is 26.7 Å². The van der Waals surface area contributed by atoms with Crippen LogP contribution in [0.4, 0.5) is 22.0 Å². The van der Waals surface area contributed by atoms with E-state index in [0.717, 1.165) is 13.1 Å². The molecule has 3 nitrogen and oxygen atoms in total. The van der Waals surface area contributed by atoms with Crippen LogP contribution in [0.15, 0.2) is 24.3 Å². The van der Waals surface area contributed by atoms with E-state index in [1.165, 1.54) is 12.1 Å². The summed E-state index contributed by atoms with van der Waals surface area (Å²) in [7, 11) is 0. The number of hydrogen-bond donors (Lipinski definition) is 1. The molecule has 0 spiro atoms. The van der Waals surface area contributed by atoms with Crippen molar-refractivity contribution in [2.75, 3.05) is 26.2 Å². The van der Waals surface area contributed by atoms with Crippen molar-refractivity contribution in [1.29, 1.82) is 0 Å². The lowest BCUT2D eigenvalue weighted by Crippen LogP contribution is -2.45. The van der Waals surface area contributed by atoms with Gasteiger partial charge in [-0.05, 0) is 24.1 Å². The van der Waals surface area contributed by atoms with Crippen molar-refractivity contribution in [1.82, 2.24) is 10.2 Å². The first kappa shape index (κ1) is 20.9. The smallest absolute Gasteiger partial charge is 0.389 e. The highest BCUT2D eigenvalue weighted by Crippen LogP contribution is 2.32. The lowest BCUT2D eigenvalue weighted by atomic mass is 9.99. The highest BCUT2D eigenvalue weighted by atomic mass is 35.5. The molecule has 2 rings (SSSR count). The number of nitrogens with one attached hydrogen (secondary N) is 1. The molecule has 1 saturated heterocycles. The third-order valence-corrected chi connectivity index (χ3v) is 3.78. The maximum Gasteiger partial charge on any atom is 0.389 e. The first-order chi connectivity index (χ1) is 10.8. The van der Waals surface area contributed by atoms with Crippen LogP contribution in [0.25, 0.3) is 0 Å². The number of nitrogens with zero attached hydrogens (tertiary/aromatic N) is 1. The molecule has 138 valence electrons. The van der Waals surface area contributed by atoms with Crippen molar-refractivity contribution in [3.05, 3.63) is 29.8 Å². The second kappa shape index (κ2) is 9.39. The van der Waals surface area contributed by atoms with Gasteiger partial charge >= 0.3 is 12.8 Å². The number of rotatable bonds is 6. The first-order valence-electron chi connectivity index (χ1n) is 7.41. The summed E-state index contributed by atoms with van der Waals surface area (Å²) in [6.07, 6.45) is -5.15. The molecule has 0 amide bonds. The third-order valence-electron chi connectivity index (χ3n) is 3.78. The fourth-order valence-electron chi connectivity index (χ4n) is 2.73. The highest BCUT2D eigenvalue weighted by molar-refractivity contribution is 5.85. The summed E-state index contributed by atoms with van der Waals surface area (Å²) in [6, 6.07) is 5.45. The van der Waals surface area contributed by atoms with E-state index in [2.05, 4.69) is 10.1 Å². The van der Waals surface area contributed by atoms with Crippen LogP contribution in [0.5, 0.6) is 5.75 Å². The van der Waals surface area contributed by atoms with Gasteiger partial charge in [-0.25, -0.2) is 0 Å². The summed E-state index contributed by atoms with van der Waals surface area (Å²) in [4.78, 5) is 1.99. The summed E-state index contributed by atoms with van der Waals surface area (Å²) in [5.74, 6) is -0.00127. The molecule has 9 heteroatoms. The Bertz CT molecular complexity index is 478. The van der Waals surface area contributed by atoms with E-state index in [-0.39, 0.29) is 30.6 Å². The molecule has 0 unspecified atom stereocenters. The van der Waals surface area contributed by atoms with Crippen LogP contribution < -0.4 is 10.1 Å². The van der Waals surface area contributed by atoms with Crippen molar-refractivity contribution in [3.8, 4) is 5.75 Å². The third kappa shape index (κ3) is 6.78. The van der Waals surface area contributed by atoms with Crippen molar-refractivity contribution in [2.24, 2.45) is 0 Å². The van der Waals surface area contributed by atoms with Crippen LogP contribution in [0.2, 0.25) is 0 Å². The predicted molar refractivity (Wildman–Crippen MR) is 82.8 cm³/mol. The van der Waals surface area contributed by atoms with Gasteiger partial charge < -0.3 is 10.1 Å². The van der Waals surface area contributed by atoms with E-state index in [1.54, 1.807) is 12.1 Å². The molecule has 1 heterocycles. The predicted octanol–water partition coefficient (Wildman–Crippen LogP) is 4.00. The molecule has 0 radical (unpaired) electrons. The van der Waals surface area contributed by atoms with Gasteiger partial charge in [-0.2, -0.15) is 22.0 Å². The van der Waals surface area contributed by atoms with Crippen LogP contribution >= 0.6 is 12.4 Å². The normalized spacial score (nSPS) is 17.4. The monoisotopic (exact) mass is 374 g/mol. The topological polar surface area (TPSA) is 24.5 Å². The van der Waals surface area contributed by atoms with Gasteiger partial charge in [-0.1, -0.05) is 12.1 Å². The van der Waals surface area contributed by atoms with Crippen LogP contribution in [-0.2, 0) is 0 Å². The Morgan fingerprint density at radius 3 is 2.17 bits per heavy atom. The summed E-state index contributed by atoms with van der Waals surface area (Å²) < 4.78 is 66.3. The van der Waals surface area contributed by atoms with E-state index in [9.17, 15) is 22.0 Å². The van der Waals surface area contributed by atoms with Gasteiger partial charge in [-0.15, -0.1) is 12.4 Å². The van der Waals surface area contributed by atoms with E-state index >= 15 is 0 Å². The van der Waals surface area contributed by atoms with E-state index in [4.69, 9.17) is 0 Å². The van der Waals surface area contributed by atoms with Crippen LogP contribution in [0.3, 0.4) is 0 Å². The minimum absolute atomic E-state index is 0. The van der Waals surface area contributed by atoms with Gasteiger partial charge in [0, 0.05) is 38.6 Å². The van der Waals surface area contributed by atoms with Crippen molar-refractivity contribution in [2.45, 2.75) is 31.7 Å². The minimum Gasteiger partial charge on any atom is -0.435 e. The molecular weight excluding hydrogens is 355 g/mol. The van der Waals surface area contributed by atoms with Crippen LogP contribution in [-0.4, -0.2) is 43.9 Å². The Morgan fingerprint density at radius 1 is 1.08 bits per heavy atom. The first-order valence-corrected chi connectivity index (χ1v) is 7.41. The molecule has 0 aromatic heterocycles. The number of halogens is 6. The highest BCUT2D eigenvalue weighted by Gasteiger charge is 2.31. The van der Waals surface area contributed by atoms with Crippen LogP contribution in [0.1, 0.15) is 24.4 Å². The molecule has 1 aromatic rings. The van der Waals surface area contributed by atoms with E-state index in [0.29, 0.717) is 18.7 Å². The molecule has 0 bridgehead atoms. The van der Waals surface area contributed by atoms with Crippen molar-refractivity contribution in [3.63, 3.8) is 0 Å². The second-order valence-corrected chi connectivity index (χ2v) is 5.40. The summed E-state index contributed by atoms with van der Waals surface area (Å²) in [5, 5.41) is 3.16. The quantitative estimate of drug-likeness (QED) is 0.762. The fourth-order valence-corrected chi connectivity index (χ4v) is 2.73.